The second kappa shape index (κ2) is 3.95. The van der Waals surface area contributed by atoms with E-state index in [1.807, 2.05) is 29.7 Å². The summed E-state index contributed by atoms with van der Waals surface area (Å²) in [5.74, 6) is 4.97. The number of nitrogens with zero attached hydrogens (tertiary/aromatic N) is 1. The zero-order valence-corrected chi connectivity index (χ0v) is 8.69. The van der Waals surface area contributed by atoms with Gasteiger partial charge in [0, 0.05) is 11.8 Å². The van der Waals surface area contributed by atoms with Gasteiger partial charge in [0.1, 0.15) is 0 Å². The highest BCUT2D eigenvalue weighted by molar-refractivity contribution is 8.14. The summed E-state index contributed by atoms with van der Waals surface area (Å²) in [6.45, 7) is 0. The van der Waals surface area contributed by atoms with Crippen LogP contribution in [-0.4, -0.2) is 10.2 Å². The monoisotopic (exact) mass is 225 g/mol. The molecule has 0 unspecified atom stereocenters. The molecule has 14 heavy (non-hydrogen) atoms. The second-order valence-electron chi connectivity index (χ2n) is 2.48. The Hall–Kier alpha value is -1.11. The van der Waals surface area contributed by atoms with Gasteiger partial charge in [0.2, 0.25) is 0 Å². The maximum Gasteiger partial charge on any atom is 0.300 e. The van der Waals surface area contributed by atoms with E-state index in [-0.39, 0.29) is 5.24 Å². The number of rotatable bonds is 1. The normalized spacial score (nSPS) is 10.4. The molecule has 0 spiro atoms. The van der Waals surface area contributed by atoms with E-state index >= 15 is 0 Å². The topological polar surface area (TPSA) is 68.0 Å². The van der Waals surface area contributed by atoms with Gasteiger partial charge in [-0.3, -0.25) is 10.2 Å². The van der Waals surface area contributed by atoms with Gasteiger partial charge in [-0.15, -0.1) is 11.3 Å². The molecule has 4 nitrogen and oxygen atoms in total. The molecule has 1 aromatic heterocycles. The number of carbonyl (C=O) groups excluding carboxylic acids is 1. The fraction of sp³-hybridized carbons (Fsp3) is 0. The van der Waals surface area contributed by atoms with Gasteiger partial charge in [0.25, 0.3) is 5.24 Å². The number of hydrogen-bond donors (Lipinski definition) is 2. The Morgan fingerprint density at radius 3 is 3.00 bits per heavy atom. The summed E-state index contributed by atoms with van der Waals surface area (Å²) in [4.78, 5) is 15.2. The predicted molar refractivity (Wildman–Crippen MR) is 58.2 cm³/mol. The zero-order chi connectivity index (χ0) is 9.97. The minimum atomic E-state index is -0.302. The molecular weight excluding hydrogens is 218 g/mol. The van der Waals surface area contributed by atoms with Gasteiger partial charge >= 0.3 is 0 Å². The van der Waals surface area contributed by atoms with Crippen LogP contribution in [0.1, 0.15) is 0 Å². The maximum atomic E-state index is 11.0. The molecule has 6 heteroatoms. The molecule has 1 aromatic carbocycles. The molecule has 72 valence electrons. The lowest BCUT2D eigenvalue weighted by molar-refractivity contribution is 0.261. The Labute approximate surface area is 88.5 Å². The summed E-state index contributed by atoms with van der Waals surface area (Å²) in [6, 6.07) is 7.74. The summed E-state index contributed by atoms with van der Waals surface area (Å²) >= 11 is 2.48. The summed E-state index contributed by atoms with van der Waals surface area (Å²) in [5.41, 5.74) is 2.96. The van der Waals surface area contributed by atoms with Crippen LogP contribution in [0.15, 0.2) is 28.6 Å². The van der Waals surface area contributed by atoms with Gasteiger partial charge in [-0.2, -0.15) is 0 Å². The summed E-state index contributed by atoms with van der Waals surface area (Å²) in [7, 11) is 0. The van der Waals surface area contributed by atoms with E-state index in [9.17, 15) is 4.79 Å². The molecular formula is C8H7N3OS2. The first-order valence-electron chi connectivity index (χ1n) is 3.83. The fourth-order valence-electron chi connectivity index (χ4n) is 1.00. The molecule has 0 saturated heterocycles. The van der Waals surface area contributed by atoms with Crippen LogP contribution >= 0.6 is 23.1 Å². The molecule has 0 aliphatic heterocycles. The van der Waals surface area contributed by atoms with Crippen molar-refractivity contribution in [1.29, 1.82) is 0 Å². The number of benzene rings is 1. The number of amides is 1. The van der Waals surface area contributed by atoms with Gasteiger partial charge < -0.3 is 0 Å². The van der Waals surface area contributed by atoms with Crippen molar-refractivity contribution in [1.82, 2.24) is 10.4 Å². The number of nitrogens with one attached hydrogen (secondary N) is 1. The van der Waals surface area contributed by atoms with Gasteiger partial charge in [-0.05, 0) is 12.1 Å². The van der Waals surface area contributed by atoms with Crippen LogP contribution in [0, 0.1) is 0 Å². The highest BCUT2D eigenvalue weighted by atomic mass is 32.2. The largest absolute Gasteiger partial charge is 0.300 e. The average Bonchev–Trinajstić information content (AvgIpc) is 2.59. The van der Waals surface area contributed by atoms with E-state index in [4.69, 9.17) is 5.84 Å². The van der Waals surface area contributed by atoms with E-state index in [1.165, 1.54) is 11.3 Å². The van der Waals surface area contributed by atoms with Gasteiger partial charge in [-0.1, -0.05) is 12.1 Å². The summed E-state index contributed by atoms with van der Waals surface area (Å²) < 4.78 is 1.77. The van der Waals surface area contributed by atoms with Crippen molar-refractivity contribution in [2.45, 2.75) is 4.34 Å². The first-order valence-corrected chi connectivity index (χ1v) is 5.47. The highest BCUT2D eigenvalue weighted by Gasteiger charge is 2.07. The van der Waals surface area contributed by atoms with Crippen molar-refractivity contribution in [2.24, 2.45) is 5.84 Å². The van der Waals surface area contributed by atoms with E-state index < -0.39 is 0 Å². The molecule has 0 fully saturated rings. The third kappa shape index (κ3) is 1.87. The molecule has 0 aliphatic rings. The summed E-state index contributed by atoms with van der Waals surface area (Å²) in [5, 5.41) is -0.302. The Kier molecular flexibility index (Phi) is 2.67. The predicted octanol–water partition coefficient (Wildman–Crippen LogP) is 1.97. The lowest BCUT2D eigenvalue weighted by Crippen LogP contribution is -2.25. The first-order chi connectivity index (χ1) is 6.79. The van der Waals surface area contributed by atoms with Crippen LogP contribution in [0.4, 0.5) is 4.79 Å². The number of carbonyl (C=O) groups is 1. The molecule has 3 N–H and O–H groups in total. The Morgan fingerprint density at radius 2 is 2.29 bits per heavy atom. The molecule has 0 aliphatic carbocycles. The fourth-order valence-corrected chi connectivity index (χ4v) is 2.73. The van der Waals surface area contributed by atoms with E-state index in [0.29, 0.717) is 4.34 Å². The Bertz CT molecular complexity index is 435. The van der Waals surface area contributed by atoms with Crippen LogP contribution < -0.4 is 11.3 Å². The third-order valence-electron chi connectivity index (χ3n) is 1.57. The number of nitrogens with two attached hydrogens (primary N) is 1. The van der Waals surface area contributed by atoms with Gasteiger partial charge in [0.15, 0.2) is 4.34 Å². The van der Waals surface area contributed by atoms with Crippen LogP contribution in [0.2, 0.25) is 0 Å². The van der Waals surface area contributed by atoms with Crippen molar-refractivity contribution >= 4 is 38.6 Å². The van der Waals surface area contributed by atoms with Crippen molar-refractivity contribution in [3.05, 3.63) is 24.3 Å². The van der Waals surface area contributed by atoms with Crippen LogP contribution in [0.25, 0.3) is 10.2 Å². The molecule has 1 amide bonds. The van der Waals surface area contributed by atoms with Crippen molar-refractivity contribution < 1.29 is 4.79 Å². The van der Waals surface area contributed by atoms with E-state index in [1.54, 1.807) is 0 Å². The summed E-state index contributed by atoms with van der Waals surface area (Å²) in [6.07, 6.45) is 0. The first kappa shape index (κ1) is 9.45. The SMILES string of the molecule is NNC(=O)Sc1nc2ccccc2s1. The standard InChI is InChI=1S/C8H7N3OS2/c9-11-7(12)14-8-10-5-3-1-2-4-6(5)13-8/h1-4H,9H2,(H,11,12). The van der Waals surface area contributed by atoms with Gasteiger partial charge in [0.05, 0.1) is 10.2 Å². The Morgan fingerprint density at radius 1 is 1.50 bits per heavy atom. The molecule has 2 aromatic rings. The van der Waals surface area contributed by atoms with E-state index in [0.717, 1.165) is 22.0 Å². The average molecular weight is 225 g/mol. The van der Waals surface area contributed by atoms with E-state index in [2.05, 4.69) is 4.98 Å². The number of fused-ring (bicyclic) bond motifs is 1. The Balaban J connectivity index is 2.31. The van der Waals surface area contributed by atoms with Crippen molar-refractivity contribution in [3.8, 4) is 0 Å². The number of para-hydroxylation sites is 1. The lowest BCUT2D eigenvalue weighted by Gasteiger charge is -1.91. The number of thiazole rings is 1. The number of hydrogen-bond acceptors (Lipinski definition) is 5. The van der Waals surface area contributed by atoms with Crippen LogP contribution in [-0.2, 0) is 0 Å². The van der Waals surface area contributed by atoms with Crippen molar-refractivity contribution in [3.63, 3.8) is 0 Å². The van der Waals surface area contributed by atoms with Crippen molar-refractivity contribution in [2.75, 3.05) is 0 Å². The minimum Gasteiger partial charge on any atom is -0.285 e. The molecule has 0 saturated carbocycles. The number of thioether (sulfide) groups is 1. The quantitative estimate of drug-likeness (QED) is 0.337. The second-order valence-corrected chi connectivity index (χ2v) is 4.73. The molecule has 0 atom stereocenters. The van der Waals surface area contributed by atoms with Crippen LogP contribution in [0.5, 0.6) is 0 Å². The third-order valence-corrected chi connectivity index (χ3v) is 3.47. The molecule has 0 bridgehead atoms. The zero-order valence-electron chi connectivity index (χ0n) is 7.06. The minimum absolute atomic E-state index is 0.302. The number of hydrazine groups is 1. The molecule has 1 heterocycles. The van der Waals surface area contributed by atoms with Gasteiger partial charge in [-0.25, -0.2) is 10.8 Å². The highest BCUT2D eigenvalue weighted by Crippen LogP contribution is 2.29. The molecule has 0 radical (unpaired) electrons. The maximum absolute atomic E-state index is 11.0. The smallest absolute Gasteiger partial charge is 0.285 e. The molecule has 2 rings (SSSR count). The van der Waals surface area contributed by atoms with Crippen LogP contribution in [0.3, 0.4) is 0 Å². The lowest BCUT2D eigenvalue weighted by atomic mass is 10.3. The number of aromatic nitrogens is 1.